The Bertz CT molecular complexity index is 392. The molecule has 6 nitrogen and oxygen atoms in total. The Morgan fingerprint density at radius 3 is 2.40 bits per heavy atom. The summed E-state index contributed by atoms with van der Waals surface area (Å²) in [5, 5.41) is 12.4. The molecule has 6 heteroatoms. The van der Waals surface area contributed by atoms with Crippen LogP contribution in [0.2, 0.25) is 0 Å². The van der Waals surface area contributed by atoms with E-state index in [0.29, 0.717) is 19.0 Å². The lowest BCUT2D eigenvalue weighted by Gasteiger charge is -2.49. The molecule has 1 saturated heterocycles. The van der Waals surface area contributed by atoms with E-state index in [9.17, 15) is 9.59 Å². The third-order valence-corrected chi connectivity index (χ3v) is 3.59. The Balaban J connectivity index is 1.86. The summed E-state index contributed by atoms with van der Waals surface area (Å²) in [5.41, 5.74) is -1.01. The van der Waals surface area contributed by atoms with E-state index in [0.717, 1.165) is 6.54 Å². The molecular weight excluding hydrogens is 260 g/mol. The van der Waals surface area contributed by atoms with Gasteiger partial charge < -0.3 is 20.1 Å². The Kier molecular flexibility index (Phi) is 3.95. The molecule has 0 unspecified atom stereocenters. The predicted octanol–water partition coefficient (Wildman–Crippen LogP) is 1.45. The fourth-order valence-electron chi connectivity index (χ4n) is 2.40. The highest BCUT2D eigenvalue weighted by Gasteiger charge is 2.48. The Labute approximate surface area is 119 Å². The summed E-state index contributed by atoms with van der Waals surface area (Å²) in [4.78, 5) is 24.5. The Morgan fingerprint density at radius 2 is 1.95 bits per heavy atom. The zero-order valence-corrected chi connectivity index (χ0v) is 12.4. The van der Waals surface area contributed by atoms with Crippen LogP contribution in [0.4, 0.5) is 4.79 Å². The van der Waals surface area contributed by atoms with Crippen molar-refractivity contribution in [3.63, 3.8) is 0 Å². The lowest BCUT2D eigenvalue weighted by molar-refractivity contribution is -0.141. The van der Waals surface area contributed by atoms with Crippen molar-refractivity contribution in [1.29, 1.82) is 0 Å². The van der Waals surface area contributed by atoms with Crippen molar-refractivity contribution in [3.8, 4) is 0 Å². The van der Waals surface area contributed by atoms with Gasteiger partial charge in [0.25, 0.3) is 0 Å². The van der Waals surface area contributed by atoms with Gasteiger partial charge >= 0.3 is 12.1 Å². The molecule has 1 aliphatic carbocycles. The Hall–Kier alpha value is -1.30. The maximum absolute atomic E-state index is 11.9. The summed E-state index contributed by atoms with van der Waals surface area (Å²) in [5.74, 6) is -0.159. The average Bonchev–Trinajstić information content (AvgIpc) is 3.01. The van der Waals surface area contributed by atoms with E-state index >= 15 is 0 Å². The third-order valence-electron chi connectivity index (χ3n) is 3.59. The van der Waals surface area contributed by atoms with Gasteiger partial charge in [0.1, 0.15) is 5.60 Å². The normalized spacial score (nSPS) is 21.2. The molecule has 0 bridgehead atoms. The highest BCUT2D eigenvalue weighted by molar-refractivity contribution is 5.73. The first kappa shape index (κ1) is 15.1. The second kappa shape index (κ2) is 5.24. The number of amides is 1. The van der Waals surface area contributed by atoms with Crippen molar-refractivity contribution in [2.75, 3.05) is 19.6 Å². The number of nitrogens with one attached hydrogen (secondary N) is 1. The van der Waals surface area contributed by atoms with Gasteiger partial charge in [-0.1, -0.05) is 0 Å². The second-order valence-corrected chi connectivity index (χ2v) is 7.01. The second-order valence-electron chi connectivity index (χ2n) is 7.01. The van der Waals surface area contributed by atoms with Crippen LogP contribution >= 0.6 is 0 Å². The topological polar surface area (TPSA) is 78.9 Å². The van der Waals surface area contributed by atoms with Gasteiger partial charge in [0.15, 0.2) is 0 Å². The standard InChI is InChI=1S/C14H24N2O4/c1-13(2,3)20-12(19)16-8-14(9-16,6-11(17)18)15-7-10-4-5-10/h10,15H,4-9H2,1-3H3,(H,17,18). The fraction of sp³-hybridized carbons (Fsp3) is 0.857. The molecule has 2 fully saturated rings. The molecule has 1 amide bonds. The maximum Gasteiger partial charge on any atom is 0.410 e. The lowest BCUT2D eigenvalue weighted by Crippen LogP contribution is -2.71. The van der Waals surface area contributed by atoms with Crippen LogP contribution in [0.5, 0.6) is 0 Å². The van der Waals surface area contributed by atoms with Gasteiger partial charge in [-0.05, 0) is 46.1 Å². The smallest absolute Gasteiger partial charge is 0.410 e. The molecule has 1 saturated carbocycles. The first-order valence-corrected chi connectivity index (χ1v) is 7.14. The van der Waals surface area contributed by atoms with E-state index in [2.05, 4.69) is 5.32 Å². The minimum absolute atomic E-state index is 0.0407. The van der Waals surface area contributed by atoms with Crippen molar-refractivity contribution in [3.05, 3.63) is 0 Å². The summed E-state index contributed by atoms with van der Waals surface area (Å²) in [6.45, 7) is 7.11. The van der Waals surface area contributed by atoms with E-state index < -0.39 is 17.1 Å². The van der Waals surface area contributed by atoms with Gasteiger partial charge in [0.2, 0.25) is 0 Å². The monoisotopic (exact) mass is 284 g/mol. The van der Waals surface area contributed by atoms with E-state index in [1.165, 1.54) is 12.8 Å². The summed E-state index contributed by atoms with van der Waals surface area (Å²) >= 11 is 0. The van der Waals surface area contributed by atoms with Crippen LogP contribution in [-0.4, -0.2) is 52.8 Å². The maximum atomic E-state index is 11.9. The molecule has 0 spiro atoms. The molecule has 0 atom stereocenters. The third kappa shape index (κ3) is 4.10. The van der Waals surface area contributed by atoms with E-state index in [4.69, 9.17) is 9.84 Å². The summed E-state index contributed by atoms with van der Waals surface area (Å²) < 4.78 is 5.29. The number of hydrogen-bond donors (Lipinski definition) is 2. The van der Waals surface area contributed by atoms with Gasteiger partial charge in [-0.25, -0.2) is 4.79 Å². The van der Waals surface area contributed by atoms with Crippen molar-refractivity contribution in [2.45, 2.75) is 51.2 Å². The number of hydrogen-bond acceptors (Lipinski definition) is 4. The SMILES string of the molecule is CC(C)(C)OC(=O)N1CC(CC(=O)O)(NCC2CC2)C1. The molecule has 1 heterocycles. The van der Waals surface area contributed by atoms with Crippen LogP contribution in [-0.2, 0) is 9.53 Å². The molecule has 20 heavy (non-hydrogen) atoms. The highest BCUT2D eigenvalue weighted by Crippen LogP contribution is 2.31. The number of aliphatic carboxylic acids is 1. The Morgan fingerprint density at radius 1 is 1.35 bits per heavy atom. The van der Waals surface area contributed by atoms with Crippen molar-refractivity contribution >= 4 is 12.1 Å². The van der Waals surface area contributed by atoms with Crippen LogP contribution in [0.3, 0.4) is 0 Å². The number of carbonyl (C=O) groups excluding carboxylic acids is 1. The number of likely N-dealkylation sites (tertiary alicyclic amines) is 1. The quantitative estimate of drug-likeness (QED) is 0.799. The first-order valence-electron chi connectivity index (χ1n) is 7.14. The summed E-state index contributed by atoms with van der Waals surface area (Å²) in [7, 11) is 0. The highest BCUT2D eigenvalue weighted by atomic mass is 16.6. The van der Waals surface area contributed by atoms with Crippen LogP contribution < -0.4 is 5.32 Å². The summed E-state index contributed by atoms with van der Waals surface area (Å²) in [6.07, 6.45) is 2.10. The molecule has 0 aromatic heterocycles. The largest absolute Gasteiger partial charge is 0.481 e. The minimum atomic E-state index is -0.836. The number of carbonyl (C=O) groups is 2. The first-order chi connectivity index (χ1) is 9.19. The van der Waals surface area contributed by atoms with Crippen molar-refractivity contribution < 1.29 is 19.4 Å². The van der Waals surface area contributed by atoms with Crippen molar-refractivity contribution in [2.24, 2.45) is 5.92 Å². The fourth-order valence-corrected chi connectivity index (χ4v) is 2.40. The van der Waals surface area contributed by atoms with Crippen LogP contribution in [0.15, 0.2) is 0 Å². The molecule has 114 valence electrons. The number of ether oxygens (including phenoxy) is 1. The number of carboxylic acids is 1. The molecular formula is C14H24N2O4. The predicted molar refractivity (Wildman–Crippen MR) is 73.5 cm³/mol. The molecule has 0 aromatic carbocycles. The average molecular weight is 284 g/mol. The molecule has 1 aliphatic heterocycles. The summed E-state index contributed by atoms with van der Waals surface area (Å²) in [6, 6.07) is 0. The lowest BCUT2D eigenvalue weighted by atomic mass is 9.86. The van der Waals surface area contributed by atoms with Crippen LogP contribution in [0.25, 0.3) is 0 Å². The van der Waals surface area contributed by atoms with Gasteiger partial charge in [-0.3, -0.25) is 4.79 Å². The molecule has 0 radical (unpaired) electrons. The van der Waals surface area contributed by atoms with E-state index in [1.54, 1.807) is 4.90 Å². The van der Waals surface area contributed by atoms with Gasteiger partial charge in [-0.2, -0.15) is 0 Å². The van der Waals surface area contributed by atoms with Crippen LogP contribution in [0, 0.1) is 5.92 Å². The molecule has 2 rings (SSSR count). The number of rotatable bonds is 5. The number of nitrogens with zero attached hydrogens (tertiary/aromatic N) is 1. The van der Waals surface area contributed by atoms with Gasteiger partial charge in [0, 0.05) is 13.1 Å². The zero-order valence-electron chi connectivity index (χ0n) is 12.4. The van der Waals surface area contributed by atoms with Gasteiger partial charge in [0.05, 0.1) is 12.0 Å². The molecule has 2 aliphatic rings. The molecule has 2 N–H and O–H groups in total. The molecule has 0 aromatic rings. The van der Waals surface area contributed by atoms with Crippen molar-refractivity contribution in [1.82, 2.24) is 10.2 Å². The van der Waals surface area contributed by atoms with Crippen LogP contribution in [0.1, 0.15) is 40.0 Å². The minimum Gasteiger partial charge on any atom is -0.481 e. The van der Waals surface area contributed by atoms with E-state index in [1.807, 2.05) is 20.8 Å². The number of carboxylic acid groups (broad SMARTS) is 1. The van der Waals surface area contributed by atoms with E-state index in [-0.39, 0.29) is 12.5 Å². The zero-order chi connectivity index (χ0) is 15.0. The van der Waals surface area contributed by atoms with Gasteiger partial charge in [-0.15, -0.1) is 0 Å².